The maximum absolute atomic E-state index is 11.8. The Morgan fingerprint density at radius 1 is 0.889 bits per heavy atom. The topological polar surface area (TPSA) is 64.6 Å². The summed E-state index contributed by atoms with van der Waals surface area (Å²) in [6.45, 7) is 2.56. The number of carbonyl (C=O) groups excluding carboxylic acids is 2. The zero-order valence-electron chi connectivity index (χ0n) is 16.0. The maximum atomic E-state index is 11.8. The van der Waals surface area contributed by atoms with Gasteiger partial charge >= 0.3 is 5.97 Å². The molecule has 0 saturated heterocycles. The lowest BCUT2D eigenvalue weighted by Gasteiger charge is -2.07. The maximum Gasteiger partial charge on any atom is 0.306 e. The van der Waals surface area contributed by atoms with Gasteiger partial charge < -0.3 is 14.8 Å². The molecular formula is C22H27NO4. The zero-order chi connectivity index (χ0) is 19.5. The SMILES string of the molecule is COc1ccc(CCC(=O)OCCNC(=O)CCc2ccc(C)cc2)cc1. The Morgan fingerprint density at radius 2 is 1.48 bits per heavy atom. The lowest BCUT2D eigenvalue weighted by molar-refractivity contribution is -0.143. The molecule has 144 valence electrons. The highest BCUT2D eigenvalue weighted by Gasteiger charge is 2.06. The van der Waals surface area contributed by atoms with Crippen molar-refractivity contribution in [3.63, 3.8) is 0 Å². The highest BCUT2D eigenvalue weighted by molar-refractivity contribution is 5.76. The molecule has 0 atom stereocenters. The molecule has 0 spiro atoms. The van der Waals surface area contributed by atoms with Gasteiger partial charge in [0.2, 0.25) is 5.91 Å². The monoisotopic (exact) mass is 369 g/mol. The minimum absolute atomic E-state index is 0.0372. The standard InChI is InChI=1S/C22H27NO4/c1-17-3-5-18(6-4-17)9-13-21(24)23-15-16-27-22(25)14-10-19-7-11-20(26-2)12-8-19/h3-8,11-12H,9-10,13-16H2,1-2H3,(H,23,24). The fourth-order valence-electron chi connectivity index (χ4n) is 2.57. The largest absolute Gasteiger partial charge is 0.497 e. The van der Waals surface area contributed by atoms with Gasteiger partial charge in [0, 0.05) is 12.8 Å². The molecule has 0 aromatic heterocycles. The van der Waals surface area contributed by atoms with Crippen molar-refractivity contribution in [3.8, 4) is 5.75 Å². The molecule has 0 unspecified atom stereocenters. The Balaban J connectivity index is 1.55. The first-order chi connectivity index (χ1) is 13.1. The minimum atomic E-state index is -0.264. The van der Waals surface area contributed by atoms with Crippen LogP contribution in [0.5, 0.6) is 5.75 Å². The molecule has 0 saturated carbocycles. The number of carbonyl (C=O) groups is 2. The second-order valence-electron chi connectivity index (χ2n) is 6.40. The summed E-state index contributed by atoms with van der Waals surface area (Å²) in [5.74, 6) is 0.490. The summed E-state index contributed by atoms with van der Waals surface area (Å²) in [7, 11) is 1.62. The van der Waals surface area contributed by atoms with Crippen LogP contribution in [-0.2, 0) is 27.2 Å². The number of rotatable bonds is 10. The van der Waals surface area contributed by atoms with Gasteiger partial charge in [-0.2, -0.15) is 0 Å². The lowest BCUT2D eigenvalue weighted by Crippen LogP contribution is -2.28. The van der Waals surface area contributed by atoms with Crippen molar-refractivity contribution >= 4 is 11.9 Å². The highest BCUT2D eigenvalue weighted by atomic mass is 16.5. The Bertz CT molecular complexity index is 723. The first-order valence-corrected chi connectivity index (χ1v) is 9.17. The van der Waals surface area contributed by atoms with Gasteiger partial charge in [0.1, 0.15) is 12.4 Å². The second-order valence-corrected chi connectivity index (χ2v) is 6.40. The van der Waals surface area contributed by atoms with E-state index in [2.05, 4.69) is 5.32 Å². The minimum Gasteiger partial charge on any atom is -0.497 e. The highest BCUT2D eigenvalue weighted by Crippen LogP contribution is 2.12. The molecule has 5 heteroatoms. The summed E-state index contributed by atoms with van der Waals surface area (Å²) in [6.07, 6.45) is 2.06. The summed E-state index contributed by atoms with van der Waals surface area (Å²) >= 11 is 0. The third-order valence-electron chi connectivity index (χ3n) is 4.23. The first kappa shape index (κ1) is 20.5. The van der Waals surface area contributed by atoms with Crippen molar-refractivity contribution in [2.24, 2.45) is 0 Å². The van der Waals surface area contributed by atoms with Gasteiger partial charge in [-0.3, -0.25) is 9.59 Å². The smallest absolute Gasteiger partial charge is 0.306 e. The van der Waals surface area contributed by atoms with E-state index in [1.54, 1.807) is 7.11 Å². The van der Waals surface area contributed by atoms with Crippen LogP contribution in [0.4, 0.5) is 0 Å². The van der Waals surface area contributed by atoms with Crippen LogP contribution in [-0.4, -0.2) is 32.1 Å². The Hall–Kier alpha value is -2.82. The van der Waals surface area contributed by atoms with Crippen LogP contribution < -0.4 is 10.1 Å². The van der Waals surface area contributed by atoms with Gasteiger partial charge in [-0.15, -0.1) is 0 Å². The summed E-state index contributed by atoms with van der Waals surface area (Å²) in [5.41, 5.74) is 3.40. The van der Waals surface area contributed by atoms with E-state index in [1.807, 2.05) is 55.5 Å². The molecule has 0 aliphatic rings. The van der Waals surface area contributed by atoms with Gasteiger partial charge in [0.05, 0.1) is 13.7 Å². The molecule has 0 heterocycles. The van der Waals surface area contributed by atoms with Crippen LogP contribution in [0.1, 0.15) is 29.5 Å². The normalized spacial score (nSPS) is 10.3. The van der Waals surface area contributed by atoms with E-state index < -0.39 is 0 Å². The number of methoxy groups -OCH3 is 1. The Morgan fingerprint density at radius 3 is 2.11 bits per heavy atom. The number of ether oxygens (including phenoxy) is 2. The molecule has 0 bridgehead atoms. The Kier molecular flexibility index (Phi) is 8.36. The van der Waals surface area contributed by atoms with E-state index >= 15 is 0 Å². The summed E-state index contributed by atoms with van der Waals surface area (Å²) in [5, 5.41) is 2.78. The summed E-state index contributed by atoms with van der Waals surface area (Å²) < 4.78 is 10.3. The zero-order valence-corrected chi connectivity index (χ0v) is 16.0. The molecule has 0 aliphatic heterocycles. The van der Waals surface area contributed by atoms with Crippen LogP contribution >= 0.6 is 0 Å². The van der Waals surface area contributed by atoms with Crippen molar-refractivity contribution in [1.82, 2.24) is 5.32 Å². The first-order valence-electron chi connectivity index (χ1n) is 9.17. The van der Waals surface area contributed by atoms with Crippen LogP contribution in [0.2, 0.25) is 0 Å². The molecule has 0 fully saturated rings. The number of nitrogens with one attached hydrogen (secondary N) is 1. The fourth-order valence-corrected chi connectivity index (χ4v) is 2.57. The van der Waals surface area contributed by atoms with Gasteiger partial charge in [-0.05, 0) is 43.0 Å². The van der Waals surface area contributed by atoms with Crippen molar-refractivity contribution < 1.29 is 19.1 Å². The van der Waals surface area contributed by atoms with Crippen LogP contribution in [0.3, 0.4) is 0 Å². The van der Waals surface area contributed by atoms with Crippen molar-refractivity contribution in [1.29, 1.82) is 0 Å². The van der Waals surface area contributed by atoms with E-state index in [1.165, 1.54) is 5.56 Å². The van der Waals surface area contributed by atoms with E-state index in [0.29, 0.717) is 32.2 Å². The molecule has 0 radical (unpaired) electrons. The van der Waals surface area contributed by atoms with Crippen molar-refractivity contribution in [3.05, 3.63) is 65.2 Å². The average Bonchev–Trinajstić information content (AvgIpc) is 2.69. The number of benzene rings is 2. The van der Waals surface area contributed by atoms with Crippen molar-refractivity contribution in [2.75, 3.05) is 20.3 Å². The Labute approximate surface area is 160 Å². The van der Waals surface area contributed by atoms with Crippen LogP contribution in [0.15, 0.2) is 48.5 Å². The molecule has 5 nitrogen and oxygen atoms in total. The predicted molar refractivity (Wildman–Crippen MR) is 105 cm³/mol. The fraction of sp³-hybridized carbons (Fsp3) is 0.364. The number of hydrogen-bond acceptors (Lipinski definition) is 4. The van der Waals surface area contributed by atoms with E-state index in [4.69, 9.17) is 9.47 Å². The number of hydrogen-bond donors (Lipinski definition) is 1. The molecule has 1 N–H and O–H groups in total. The van der Waals surface area contributed by atoms with Gasteiger partial charge in [0.25, 0.3) is 0 Å². The van der Waals surface area contributed by atoms with Gasteiger partial charge in [-0.1, -0.05) is 42.0 Å². The molecule has 0 aliphatic carbocycles. The van der Waals surface area contributed by atoms with Gasteiger partial charge in [0.15, 0.2) is 0 Å². The van der Waals surface area contributed by atoms with E-state index in [0.717, 1.165) is 16.9 Å². The molecular weight excluding hydrogens is 342 g/mol. The second kappa shape index (κ2) is 11.0. The summed E-state index contributed by atoms with van der Waals surface area (Å²) in [4.78, 5) is 23.6. The van der Waals surface area contributed by atoms with Crippen LogP contribution in [0, 0.1) is 6.92 Å². The molecule has 27 heavy (non-hydrogen) atoms. The van der Waals surface area contributed by atoms with Gasteiger partial charge in [-0.25, -0.2) is 0 Å². The molecule has 2 rings (SSSR count). The summed E-state index contributed by atoms with van der Waals surface area (Å²) in [6, 6.07) is 15.7. The molecule has 2 aromatic carbocycles. The molecule has 1 amide bonds. The lowest BCUT2D eigenvalue weighted by atomic mass is 10.1. The van der Waals surface area contributed by atoms with E-state index in [9.17, 15) is 9.59 Å². The number of aryl methyl sites for hydroxylation is 3. The predicted octanol–water partition coefficient (Wildman–Crippen LogP) is 3.23. The van der Waals surface area contributed by atoms with E-state index in [-0.39, 0.29) is 18.5 Å². The van der Waals surface area contributed by atoms with Crippen LogP contribution in [0.25, 0.3) is 0 Å². The quantitative estimate of drug-likeness (QED) is 0.516. The third-order valence-corrected chi connectivity index (χ3v) is 4.23. The third kappa shape index (κ3) is 7.94. The average molecular weight is 369 g/mol. The number of amides is 1. The number of esters is 1. The molecule has 2 aromatic rings. The van der Waals surface area contributed by atoms with Crippen molar-refractivity contribution in [2.45, 2.75) is 32.6 Å².